The Morgan fingerprint density at radius 1 is 1.26 bits per heavy atom. The number of hydrogen-bond donors (Lipinski definition) is 1. The van der Waals surface area contributed by atoms with E-state index in [0.717, 1.165) is 27.7 Å². The molecular formula is C18H23NO4. The zero-order chi connectivity index (χ0) is 17.0. The van der Waals surface area contributed by atoms with Gasteiger partial charge in [-0.2, -0.15) is 0 Å². The fourth-order valence-electron chi connectivity index (χ4n) is 2.25. The maximum atomic E-state index is 11.9. The summed E-state index contributed by atoms with van der Waals surface area (Å²) in [7, 11) is 0. The van der Waals surface area contributed by atoms with E-state index in [4.69, 9.17) is 9.15 Å². The number of nitrogens with one attached hydrogen (secondary N) is 1. The van der Waals surface area contributed by atoms with E-state index < -0.39 is 5.97 Å². The number of carbonyl (C=O) groups is 2. The molecule has 0 aliphatic heterocycles. The molecule has 1 aromatic carbocycles. The fourth-order valence-corrected chi connectivity index (χ4v) is 2.25. The summed E-state index contributed by atoms with van der Waals surface area (Å²) in [5.41, 5.74) is 3.77. The van der Waals surface area contributed by atoms with Gasteiger partial charge in [0, 0.05) is 17.5 Å². The van der Waals surface area contributed by atoms with Gasteiger partial charge in [0.1, 0.15) is 5.58 Å². The van der Waals surface area contributed by atoms with Crippen molar-refractivity contribution in [3.05, 3.63) is 35.1 Å². The molecule has 1 amide bonds. The van der Waals surface area contributed by atoms with Crippen LogP contribution >= 0.6 is 0 Å². The largest absolute Gasteiger partial charge is 0.464 e. The number of benzene rings is 1. The highest BCUT2D eigenvalue weighted by atomic mass is 16.5. The summed E-state index contributed by atoms with van der Waals surface area (Å²) in [6.07, 6.45) is 1.67. The molecule has 0 saturated heterocycles. The van der Waals surface area contributed by atoms with Gasteiger partial charge in [-0.3, -0.25) is 9.59 Å². The molecule has 0 saturated carbocycles. The molecule has 0 radical (unpaired) electrons. The normalized spacial score (nSPS) is 11.0. The summed E-state index contributed by atoms with van der Waals surface area (Å²) in [4.78, 5) is 23.4. The van der Waals surface area contributed by atoms with Crippen LogP contribution in [0.25, 0.3) is 11.0 Å². The summed E-state index contributed by atoms with van der Waals surface area (Å²) in [6.45, 7) is 8.32. The first-order valence-electron chi connectivity index (χ1n) is 7.77. The fraction of sp³-hybridized carbons (Fsp3) is 0.444. The standard InChI is InChI=1S/C18H23NO4/c1-11(2)8-19-16(20)10-22-17(21)7-14-9-23-18-13(4)12(3)5-6-15(14)18/h5-6,9,11H,7-8,10H2,1-4H3,(H,19,20). The van der Waals surface area contributed by atoms with Gasteiger partial charge in [0.2, 0.25) is 0 Å². The molecule has 0 unspecified atom stereocenters. The van der Waals surface area contributed by atoms with E-state index in [-0.39, 0.29) is 18.9 Å². The van der Waals surface area contributed by atoms with E-state index in [0.29, 0.717) is 12.5 Å². The number of esters is 1. The van der Waals surface area contributed by atoms with Gasteiger partial charge in [-0.1, -0.05) is 26.0 Å². The third-order valence-electron chi connectivity index (χ3n) is 3.75. The first kappa shape index (κ1) is 17.1. The molecule has 1 heterocycles. The van der Waals surface area contributed by atoms with Crippen molar-refractivity contribution in [2.45, 2.75) is 34.1 Å². The maximum Gasteiger partial charge on any atom is 0.310 e. The second kappa shape index (κ2) is 7.31. The summed E-state index contributed by atoms with van der Waals surface area (Å²) < 4.78 is 10.6. The molecule has 2 rings (SSSR count). The average molecular weight is 317 g/mol. The lowest BCUT2D eigenvalue weighted by molar-refractivity contribution is -0.147. The predicted molar refractivity (Wildman–Crippen MR) is 88.2 cm³/mol. The van der Waals surface area contributed by atoms with E-state index in [2.05, 4.69) is 5.32 Å². The molecule has 1 N–H and O–H groups in total. The smallest absolute Gasteiger partial charge is 0.310 e. The monoisotopic (exact) mass is 317 g/mol. The van der Waals surface area contributed by atoms with Gasteiger partial charge in [0.25, 0.3) is 5.91 Å². The Labute approximate surface area is 136 Å². The van der Waals surface area contributed by atoms with E-state index in [1.165, 1.54) is 0 Å². The summed E-state index contributed by atoms with van der Waals surface area (Å²) in [6, 6.07) is 3.94. The van der Waals surface area contributed by atoms with Crippen molar-refractivity contribution in [2.75, 3.05) is 13.2 Å². The van der Waals surface area contributed by atoms with Crippen LogP contribution in [0.4, 0.5) is 0 Å². The third kappa shape index (κ3) is 4.34. The van der Waals surface area contributed by atoms with Crippen molar-refractivity contribution in [2.24, 2.45) is 5.92 Å². The third-order valence-corrected chi connectivity index (χ3v) is 3.75. The minimum atomic E-state index is -0.439. The van der Waals surface area contributed by atoms with Crippen molar-refractivity contribution in [1.29, 1.82) is 0 Å². The quantitative estimate of drug-likeness (QED) is 0.832. The lowest BCUT2D eigenvalue weighted by Gasteiger charge is -2.08. The molecule has 1 aromatic heterocycles. The van der Waals surface area contributed by atoms with Crippen molar-refractivity contribution in [3.63, 3.8) is 0 Å². The van der Waals surface area contributed by atoms with Crippen LogP contribution in [0.2, 0.25) is 0 Å². The summed E-state index contributed by atoms with van der Waals surface area (Å²) in [5.74, 6) is -0.361. The topological polar surface area (TPSA) is 68.5 Å². The van der Waals surface area contributed by atoms with Gasteiger partial charge in [-0.25, -0.2) is 0 Å². The van der Waals surface area contributed by atoms with Gasteiger partial charge in [-0.15, -0.1) is 0 Å². The van der Waals surface area contributed by atoms with Crippen LogP contribution in [0, 0.1) is 19.8 Å². The van der Waals surface area contributed by atoms with Gasteiger partial charge < -0.3 is 14.5 Å². The minimum Gasteiger partial charge on any atom is -0.464 e. The average Bonchev–Trinajstić information content (AvgIpc) is 2.90. The second-order valence-corrected chi connectivity index (χ2v) is 6.18. The summed E-state index contributed by atoms with van der Waals surface area (Å²) in [5, 5.41) is 3.62. The van der Waals surface area contributed by atoms with Crippen LogP contribution in [-0.2, 0) is 20.7 Å². The van der Waals surface area contributed by atoms with Crippen LogP contribution < -0.4 is 5.32 Å². The van der Waals surface area contributed by atoms with Gasteiger partial charge in [0.15, 0.2) is 6.61 Å². The van der Waals surface area contributed by atoms with E-state index in [1.807, 2.05) is 39.8 Å². The highest BCUT2D eigenvalue weighted by Crippen LogP contribution is 2.26. The summed E-state index contributed by atoms with van der Waals surface area (Å²) >= 11 is 0. The Hall–Kier alpha value is -2.30. The Kier molecular flexibility index (Phi) is 5.42. The first-order valence-corrected chi connectivity index (χ1v) is 7.77. The molecule has 23 heavy (non-hydrogen) atoms. The highest BCUT2D eigenvalue weighted by Gasteiger charge is 2.14. The molecule has 0 fully saturated rings. The molecule has 124 valence electrons. The number of furan rings is 1. The SMILES string of the molecule is Cc1ccc2c(CC(=O)OCC(=O)NCC(C)C)coc2c1C. The highest BCUT2D eigenvalue weighted by molar-refractivity contribution is 5.89. The number of hydrogen-bond acceptors (Lipinski definition) is 4. The van der Waals surface area contributed by atoms with Gasteiger partial charge >= 0.3 is 5.97 Å². The molecule has 0 aliphatic carbocycles. The zero-order valence-electron chi connectivity index (χ0n) is 14.1. The minimum absolute atomic E-state index is 0.0902. The number of aryl methyl sites for hydroxylation is 2. The Morgan fingerprint density at radius 2 is 2.00 bits per heavy atom. The zero-order valence-corrected chi connectivity index (χ0v) is 14.1. The number of fused-ring (bicyclic) bond motifs is 1. The van der Waals surface area contributed by atoms with Crippen LogP contribution in [-0.4, -0.2) is 25.0 Å². The van der Waals surface area contributed by atoms with Crippen molar-refractivity contribution < 1.29 is 18.7 Å². The Balaban J connectivity index is 1.93. The van der Waals surface area contributed by atoms with E-state index in [1.54, 1.807) is 6.26 Å². The van der Waals surface area contributed by atoms with Crippen LogP contribution in [0.5, 0.6) is 0 Å². The van der Waals surface area contributed by atoms with Crippen LogP contribution in [0.3, 0.4) is 0 Å². The lowest BCUT2D eigenvalue weighted by atomic mass is 10.0. The van der Waals surface area contributed by atoms with Crippen molar-refractivity contribution >= 4 is 22.8 Å². The lowest BCUT2D eigenvalue weighted by Crippen LogP contribution is -2.31. The van der Waals surface area contributed by atoms with Crippen LogP contribution in [0.1, 0.15) is 30.5 Å². The Bertz CT molecular complexity index is 715. The van der Waals surface area contributed by atoms with E-state index >= 15 is 0 Å². The maximum absolute atomic E-state index is 11.9. The second-order valence-electron chi connectivity index (χ2n) is 6.18. The molecular weight excluding hydrogens is 294 g/mol. The number of rotatable bonds is 6. The molecule has 5 nitrogen and oxygen atoms in total. The molecule has 5 heteroatoms. The molecule has 0 aliphatic rings. The number of ether oxygens (including phenoxy) is 1. The van der Waals surface area contributed by atoms with Gasteiger partial charge in [-0.05, 0) is 30.9 Å². The van der Waals surface area contributed by atoms with E-state index in [9.17, 15) is 9.59 Å². The first-order chi connectivity index (χ1) is 10.9. The number of amides is 1. The Morgan fingerprint density at radius 3 is 2.70 bits per heavy atom. The molecule has 2 aromatic rings. The molecule has 0 atom stereocenters. The molecule has 0 spiro atoms. The molecule has 0 bridgehead atoms. The van der Waals surface area contributed by atoms with Crippen molar-refractivity contribution in [1.82, 2.24) is 5.32 Å². The number of carbonyl (C=O) groups excluding carboxylic acids is 2. The predicted octanol–water partition coefficient (Wildman–Crippen LogP) is 2.91. The van der Waals surface area contributed by atoms with Crippen LogP contribution in [0.15, 0.2) is 22.8 Å². The van der Waals surface area contributed by atoms with Gasteiger partial charge in [0.05, 0.1) is 12.7 Å². The van der Waals surface area contributed by atoms with Crippen molar-refractivity contribution in [3.8, 4) is 0 Å².